The average molecular weight is 290 g/mol. The lowest BCUT2D eigenvalue weighted by Crippen LogP contribution is -2.62. The predicted molar refractivity (Wildman–Crippen MR) is 80.0 cm³/mol. The lowest BCUT2D eigenvalue weighted by molar-refractivity contribution is -0.149. The molecule has 1 N–H and O–H groups in total. The van der Waals surface area contributed by atoms with Crippen LogP contribution < -0.4 is 10.1 Å². The maximum atomic E-state index is 12.2. The summed E-state index contributed by atoms with van der Waals surface area (Å²) in [5, 5.41) is 2.71. The number of rotatable bonds is 6. The topological polar surface area (TPSA) is 58.6 Å². The zero-order valence-electron chi connectivity index (χ0n) is 12.5. The van der Waals surface area contributed by atoms with Gasteiger partial charge in [-0.05, 0) is 31.9 Å². The minimum absolute atomic E-state index is 0.0128. The Balaban J connectivity index is 1.85. The van der Waals surface area contributed by atoms with Gasteiger partial charge >= 0.3 is 0 Å². The van der Waals surface area contributed by atoms with Gasteiger partial charge in [0.1, 0.15) is 17.8 Å². The Morgan fingerprint density at radius 2 is 1.95 bits per heavy atom. The summed E-state index contributed by atoms with van der Waals surface area (Å²) in [6, 6.07) is 8.78. The van der Waals surface area contributed by atoms with Crippen LogP contribution in [0.5, 0.6) is 5.75 Å². The highest BCUT2D eigenvalue weighted by atomic mass is 16.5. The number of hydrogen-bond acceptors (Lipinski definition) is 3. The average Bonchev–Trinajstić information content (AvgIpc) is 2.49. The van der Waals surface area contributed by atoms with Crippen molar-refractivity contribution in [1.82, 2.24) is 10.2 Å². The van der Waals surface area contributed by atoms with Gasteiger partial charge in [0.15, 0.2) is 0 Å². The van der Waals surface area contributed by atoms with Crippen LogP contribution in [0.4, 0.5) is 0 Å². The maximum Gasteiger partial charge on any atom is 0.245 e. The second-order valence-electron chi connectivity index (χ2n) is 5.20. The third-order valence-electron chi connectivity index (χ3n) is 3.63. The van der Waals surface area contributed by atoms with Crippen molar-refractivity contribution in [3.05, 3.63) is 30.3 Å². The van der Waals surface area contributed by atoms with E-state index < -0.39 is 6.04 Å². The lowest BCUT2D eigenvalue weighted by Gasteiger charge is -2.37. The highest BCUT2D eigenvalue weighted by molar-refractivity contribution is 5.96. The van der Waals surface area contributed by atoms with Crippen molar-refractivity contribution in [2.24, 2.45) is 0 Å². The van der Waals surface area contributed by atoms with Crippen LogP contribution >= 0.6 is 0 Å². The number of carbonyl (C=O) groups is 2. The molecular weight excluding hydrogens is 268 g/mol. The summed E-state index contributed by atoms with van der Waals surface area (Å²) in [5.74, 6) is 0.746. The first-order valence-electron chi connectivity index (χ1n) is 7.42. The van der Waals surface area contributed by atoms with Crippen LogP contribution in [0.1, 0.15) is 26.7 Å². The van der Waals surface area contributed by atoms with Crippen molar-refractivity contribution < 1.29 is 14.3 Å². The summed E-state index contributed by atoms with van der Waals surface area (Å²) in [6.45, 7) is 4.71. The Labute approximate surface area is 125 Å². The Kier molecular flexibility index (Phi) is 5.20. The number of benzene rings is 1. The predicted octanol–water partition coefficient (Wildman–Crippen LogP) is 1.58. The molecule has 1 aliphatic rings. The zero-order valence-corrected chi connectivity index (χ0v) is 12.5. The van der Waals surface area contributed by atoms with Crippen molar-refractivity contribution in [3.8, 4) is 5.75 Å². The van der Waals surface area contributed by atoms with Gasteiger partial charge in [-0.3, -0.25) is 9.59 Å². The van der Waals surface area contributed by atoms with E-state index in [1.807, 2.05) is 37.3 Å². The minimum Gasteiger partial charge on any atom is -0.494 e. The Morgan fingerprint density at radius 1 is 1.24 bits per heavy atom. The van der Waals surface area contributed by atoms with E-state index in [-0.39, 0.29) is 17.9 Å². The number of carbonyl (C=O) groups excluding carboxylic acids is 2. The molecule has 1 saturated heterocycles. The van der Waals surface area contributed by atoms with Gasteiger partial charge in [-0.25, -0.2) is 0 Å². The van der Waals surface area contributed by atoms with Gasteiger partial charge in [-0.1, -0.05) is 25.1 Å². The van der Waals surface area contributed by atoms with E-state index in [1.165, 1.54) is 0 Å². The standard InChI is InChI=1S/C16H22N2O3/c1-3-14-15(19)17-12(2)16(20)18(14)10-7-11-21-13-8-5-4-6-9-13/h4-6,8-9,12,14H,3,7,10-11H2,1-2H3,(H,17,19). The smallest absolute Gasteiger partial charge is 0.245 e. The Morgan fingerprint density at radius 3 is 2.62 bits per heavy atom. The number of para-hydroxylation sites is 1. The largest absolute Gasteiger partial charge is 0.494 e. The number of ether oxygens (including phenoxy) is 1. The molecule has 0 aromatic heterocycles. The number of hydrogen-bond donors (Lipinski definition) is 1. The summed E-state index contributed by atoms with van der Waals surface area (Å²) >= 11 is 0. The highest BCUT2D eigenvalue weighted by Gasteiger charge is 2.36. The van der Waals surface area contributed by atoms with Gasteiger partial charge < -0.3 is 15.0 Å². The van der Waals surface area contributed by atoms with E-state index in [1.54, 1.807) is 11.8 Å². The van der Waals surface area contributed by atoms with Crippen molar-refractivity contribution in [3.63, 3.8) is 0 Å². The SMILES string of the molecule is CCC1C(=O)NC(C)C(=O)N1CCCOc1ccccc1. The minimum atomic E-state index is -0.435. The van der Waals surface area contributed by atoms with Crippen LogP contribution in [0, 0.1) is 0 Å². The van der Waals surface area contributed by atoms with Crippen LogP contribution in [0.3, 0.4) is 0 Å². The summed E-state index contributed by atoms with van der Waals surface area (Å²) in [4.78, 5) is 25.8. The van der Waals surface area contributed by atoms with E-state index in [9.17, 15) is 9.59 Å². The molecule has 21 heavy (non-hydrogen) atoms. The van der Waals surface area contributed by atoms with Gasteiger partial charge in [0, 0.05) is 6.54 Å². The fourth-order valence-electron chi connectivity index (χ4n) is 2.53. The van der Waals surface area contributed by atoms with Crippen molar-refractivity contribution in [2.75, 3.05) is 13.2 Å². The van der Waals surface area contributed by atoms with E-state index in [2.05, 4.69) is 5.32 Å². The molecule has 1 aromatic carbocycles. The van der Waals surface area contributed by atoms with Gasteiger partial charge in [0.05, 0.1) is 6.61 Å². The molecule has 5 nitrogen and oxygen atoms in total. The van der Waals surface area contributed by atoms with Crippen molar-refractivity contribution >= 4 is 11.8 Å². The molecule has 114 valence electrons. The monoisotopic (exact) mass is 290 g/mol. The molecule has 1 fully saturated rings. The Hall–Kier alpha value is -2.04. The normalized spacial score (nSPS) is 22.1. The molecule has 0 bridgehead atoms. The van der Waals surface area contributed by atoms with Gasteiger partial charge in [0.25, 0.3) is 0 Å². The second kappa shape index (κ2) is 7.11. The third-order valence-corrected chi connectivity index (χ3v) is 3.63. The first kappa shape index (κ1) is 15.4. The molecule has 2 rings (SSSR count). The number of nitrogens with zero attached hydrogens (tertiary/aromatic N) is 1. The van der Waals surface area contributed by atoms with E-state index in [0.717, 1.165) is 5.75 Å². The van der Waals surface area contributed by atoms with E-state index in [0.29, 0.717) is 26.0 Å². The third kappa shape index (κ3) is 3.74. The number of nitrogens with one attached hydrogen (secondary N) is 1. The molecule has 1 heterocycles. The van der Waals surface area contributed by atoms with Crippen LogP contribution in [0.15, 0.2) is 30.3 Å². The lowest BCUT2D eigenvalue weighted by atomic mass is 10.1. The van der Waals surface area contributed by atoms with Crippen LogP contribution in [-0.4, -0.2) is 41.9 Å². The van der Waals surface area contributed by atoms with Crippen molar-refractivity contribution in [2.45, 2.75) is 38.8 Å². The molecule has 1 aliphatic heterocycles. The summed E-state index contributed by atoms with van der Waals surface area (Å²) in [6.07, 6.45) is 1.33. The molecule has 1 aromatic rings. The number of amides is 2. The summed E-state index contributed by atoms with van der Waals surface area (Å²) < 4.78 is 5.62. The quantitative estimate of drug-likeness (QED) is 0.809. The first-order valence-corrected chi connectivity index (χ1v) is 7.42. The van der Waals surface area contributed by atoms with Crippen LogP contribution in [0.25, 0.3) is 0 Å². The molecule has 0 saturated carbocycles. The Bertz CT molecular complexity index is 490. The summed E-state index contributed by atoms with van der Waals surface area (Å²) in [5.41, 5.74) is 0. The highest BCUT2D eigenvalue weighted by Crippen LogP contribution is 2.14. The fourth-order valence-corrected chi connectivity index (χ4v) is 2.53. The van der Waals surface area contributed by atoms with E-state index >= 15 is 0 Å². The molecule has 0 spiro atoms. The summed E-state index contributed by atoms with van der Waals surface area (Å²) in [7, 11) is 0. The second-order valence-corrected chi connectivity index (χ2v) is 5.20. The molecule has 0 radical (unpaired) electrons. The fraction of sp³-hybridized carbons (Fsp3) is 0.500. The van der Waals surface area contributed by atoms with Crippen LogP contribution in [-0.2, 0) is 9.59 Å². The molecule has 2 amide bonds. The van der Waals surface area contributed by atoms with E-state index in [4.69, 9.17) is 4.74 Å². The number of piperazine rings is 1. The molecule has 2 unspecified atom stereocenters. The maximum absolute atomic E-state index is 12.2. The van der Waals surface area contributed by atoms with Gasteiger partial charge in [0.2, 0.25) is 11.8 Å². The molecule has 2 atom stereocenters. The first-order chi connectivity index (χ1) is 10.1. The van der Waals surface area contributed by atoms with Crippen molar-refractivity contribution in [1.29, 1.82) is 0 Å². The van der Waals surface area contributed by atoms with Gasteiger partial charge in [-0.2, -0.15) is 0 Å². The molecule has 0 aliphatic carbocycles. The van der Waals surface area contributed by atoms with Crippen LogP contribution in [0.2, 0.25) is 0 Å². The molecular formula is C16H22N2O3. The zero-order chi connectivity index (χ0) is 15.2. The molecule has 5 heteroatoms. The van der Waals surface area contributed by atoms with Gasteiger partial charge in [-0.15, -0.1) is 0 Å².